The maximum Gasteiger partial charge on any atom is 0.311 e. The smallest absolute Gasteiger partial charge is 0.311 e. The van der Waals surface area contributed by atoms with Crippen LogP contribution in [0.15, 0.2) is 57.8 Å². The van der Waals surface area contributed by atoms with Crippen molar-refractivity contribution in [2.45, 2.75) is 24.3 Å². The number of carbonyl (C=O) groups excluding carboxylic acids is 1. The van der Waals surface area contributed by atoms with Crippen molar-refractivity contribution in [1.82, 2.24) is 14.9 Å². The minimum Gasteiger partial charge on any atom is -0.457 e. The Hall–Kier alpha value is -3.53. The van der Waals surface area contributed by atoms with E-state index in [1.165, 1.54) is 0 Å². The number of para-hydroxylation sites is 1. The number of nitrogens with two attached hydrogens (primary N) is 1. The number of sulfonamides is 1. The highest BCUT2D eigenvalue weighted by atomic mass is 32.2. The van der Waals surface area contributed by atoms with E-state index in [1.807, 2.05) is 29.2 Å². The van der Waals surface area contributed by atoms with E-state index in [2.05, 4.69) is 14.4 Å². The van der Waals surface area contributed by atoms with Crippen LogP contribution in [0.1, 0.15) is 24.2 Å². The summed E-state index contributed by atoms with van der Waals surface area (Å²) in [5.41, 5.74) is 7.25. The molecule has 1 unspecified atom stereocenters. The quantitative estimate of drug-likeness (QED) is 0.600. The molecule has 3 aromatic rings. The minimum absolute atomic E-state index is 0.0808. The topological polar surface area (TPSA) is 128 Å². The molecule has 2 aliphatic rings. The zero-order valence-electron chi connectivity index (χ0n) is 17.1. The van der Waals surface area contributed by atoms with Crippen LogP contribution < -0.4 is 5.73 Å². The third kappa shape index (κ3) is 3.66. The molecule has 1 fully saturated rings. The number of hydrogen-bond donors (Lipinski definition) is 1. The van der Waals surface area contributed by atoms with Gasteiger partial charge in [-0.05, 0) is 37.1 Å². The van der Waals surface area contributed by atoms with Crippen LogP contribution in [0.25, 0.3) is 10.9 Å². The lowest BCUT2D eigenvalue weighted by Crippen LogP contribution is -2.42. The van der Waals surface area contributed by atoms with Gasteiger partial charge in [0.25, 0.3) is 10.0 Å². The molecule has 0 amide bonds. The molecule has 1 atom stereocenters. The van der Waals surface area contributed by atoms with Crippen LogP contribution >= 0.6 is 0 Å². The number of carbonyl (C=O) groups is 1. The van der Waals surface area contributed by atoms with Gasteiger partial charge in [-0.15, -0.1) is 4.40 Å². The summed E-state index contributed by atoms with van der Waals surface area (Å²) < 4.78 is 34.2. The number of rotatable bonds is 3. The Labute approximate surface area is 185 Å². The lowest BCUT2D eigenvalue weighted by atomic mass is 9.97. The van der Waals surface area contributed by atoms with Crippen molar-refractivity contribution >= 4 is 38.5 Å². The molecule has 0 aliphatic carbocycles. The lowest BCUT2D eigenvalue weighted by Gasteiger charge is -2.32. The minimum atomic E-state index is -3.71. The fourth-order valence-electron chi connectivity index (χ4n) is 4.15. The number of benzene rings is 2. The van der Waals surface area contributed by atoms with Crippen molar-refractivity contribution in [2.24, 2.45) is 10.3 Å². The Morgan fingerprint density at radius 1 is 1.12 bits per heavy atom. The van der Waals surface area contributed by atoms with E-state index in [1.54, 1.807) is 24.3 Å². The number of fused-ring (bicyclic) bond motifs is 2. The molecule has 164 valence electrons. The number of aromatic nitrogens is 2. The average molecular weight is 452 g/mol. The number of likely N-dealkylation sites (tertiary alicyclic amines) is 1. The van der Waals surface area contributed by atoms with Crippen LogP contribution in [0.4, 0.5) is 5.82 Å². The van der Waals surface area contributed by atoms with Crippen LogP contribution in [-0.2, 0) is 26.2 Å². The molecule has 2 N–H and O–H groups in total. The standard InChI is InChI=1S/C22H21N5O4S/c23-20-15-7-1-3-9-17(15)24-19(25-20)13-31-22(28)14-6-5-11-27(12-14)21-16-8-2-4-10-18(16)32(29,30)26-21/h1-4,7-10,14H,5-6,11-13H2,(H2,23,24,25). The highest BCUT2D eigenvalue weighted by Crippen LogP contribution is 2.30. The highest BCUT2D eigenvalue weighted by molar-refractivity contribution is 7.90. The van der Waals surface area contributed by atoms with Crippen molar-refractivity contribution in [2.75, 3.05) is 18.8 Å². The Morgan fingerprint density at radius 3 is 2.78 bits per heavy atom. The van der Waals surface area contributed by atoms with Gasteiger partial charge in [0.15, 0.2) is 18.3 Å². The molecule has 0 saturated carbocycles. The van der Waals surface area contributed by atoms with Gasteiger partial charge in [-0.2, -0.15) is 8.42 Å². The molecule has 1 aromatic heterocycles. The van der Waals surface area contributed by atoms with E-state index < -0.39 is 15.9 Å². The van der Waals surface area contributed by atoms with E-state index >= 15 is 0 Å². The number of hydrogen-bond acceptors (Lipinski definition) is 8. The Bertz CT molecular complexity index is 1360. The van der Waals surface area contributed by atoms with E-state index in [0.717, 1.165) is 11.8 Å². The van der Waals surface area contributed by atoms with Gasteiger partial charge < -0.3 is 15.4 Å². The maximum absolute atomic E-state index is 12.8. The predicted octanol–water partition coefficient (Wildman–Crippen LogP) is 2.12. The van der Waals surface area contributed by atoms with Crippen molar-refractivity contribution in [1.29, 1.82) is 0 Å². The van der Waals surface area contributed by atoms with Crippen molar-refractivity contribution in [3.63, 3.8) is 0 Å². The van der Waals surface area contributed by atoms with Crippen LogP contribution in [-0.4, -0.2) is 48.2 Å². The van der Waals surface area contributed by atoms with Gasteiger partial charge in [0.1, 0.15) is 10.7 Å². The molecule has 2 aromatic carbocycles. The van der Waals surface area contributed by atoms with Crippen LogP contribution in [0.2, 0.25) is 0 Å². The number of anilines is 1. The number of nitrogen functional groups attached to an aromatic ring is 1. The number of piperidine rings is 1. The molecule has 2 aliphatic heterocycles. The summed E-state index contributed by atoms with van der Waals surface area (Å²) >= 11 is 0. The van der Waals surface area contributed by atoms with Gasteiger partial charge in [0.05, 0.1) is 11.4 Å². The van der Waals surface area contributed by atoms with Gasteiger partial charge >= 0.3 is 5.97 Å². The normalized spacial score (nSPS) is 19.4. The molecule has 3 heterocycles. The second kappa shape index (κ2) is 7.86. The number of nitrogens with zero attached hydrogens (tertiary/aromatic N) is 4. The highest BCUT2D eigenvalue weighted by Gasteiger charge is 2.35. The average Bonchev–Trinajstić information content (AvgIpc) is 3.09. The summed E-state index contributed by atoms with van der Waals surface area (Å²) in [5, 5.41) is 0.748. The summed E-state index contributed by atoms with van der Waals surface area (Å²) in [6.07, 6.45) is 1.37. The largest absolute Gasteiger partial charge is 0.457 e. The summed E-state index contributed by atoms with van der Waals surface area (Å²) in [6, 6.07) is 14.1. The third-order valence-corrected chi connectivity index (χ3v) is 7.01. The van der Waals surface area contributed by atoms with E-state index in [0.29, 0.717) is 48.1 Å². The van der Waals surface area contributed by atoms with Gasteiger partial charge in [-0.25, -0.2) is 9.97 Å². The molecule has 1 saturated heterocycles. The summed E-state index contributed by atoms with van der Waals surface area (Å²) in [6.45, 7) is 0.877. The van der Waals surface area contributed by atoms with Crippen molar-refractivity contribution < 1.29 is 17.9 Å². The van der Waals surface area contributed by atoms with Gasteiger partial charge in [-0.3, -0.25) is 4.79 Å². The Morgan fingerprint density at radius 2 is 1.91 bits per heavy atom. The molecule has 32 heavy (non-hydrogen) atoms. The van der Waals surface area contributed by atoms with Crippen molar-refractivity contribution in [3.05, 3.63) is 59.9 Å². The van der Waals surface area contributed by atoms with Gasteiger partial charge in [0, 0.05) is 24.0 Å². The fourth-order valence-corrected chi connectivity index (χ4v) is 5.38. The van der Waals surface area contributed by atoms with E-state index in [-0.39, 0.29) is 17.5 Å². The third-order valence-electron chi connectivity index (χ3n) is 5.69. The summed E-state index contributed by atoms with van der Waals surface area (Å²) in [7, 11) is -3.71. The maximum atomic E-state index is 12.8. The molecule has 0 bridgehead atoms. The molecule has 5 rings (SSSR count). The first-order valence-corrected chi connectivity index (χ1v) is 11.7. The first kappa shape index (κ1) is 20.4. The van der Waals surface area contributed by atoms with Crippen LogP contribution in [0.3, 0.4) is 0 Å². The number of ether oxygens (including phenoxy) is 1. The lowest BCUT2D eigenvalue weighted by molar-refractivity contribution is -0.151. The van der Waals surface area contributed by atoms with Crippen LogP contribution in [0, 0.1) is 5.92 Å². The second-order valence-corrected chi connectivity index (χ2v) is 9.39. The first-order chi connectivity index (χ1) is 15.4. The first-order valence-electron chi connectivity index (χ1n) is 10.3. The monoisotopic (exact) mass is 451 g/mol. The SMILES string of the molecule is Nc1nc(COC(=O)C2CCCN(C3=NS(=O)(=O)c4ccccc43)C2)nc2ccccc12. The van der Waals surface area contributed by atoms with Gasteiger partial charge in [-0.1, -0.05) is 24.3 Å². The fraction of sp³-hybridized carbons (Fsp3) is 0.273. The molecule has 0 radical (unpaired) electrons. The zero-order valence-corrected chi connectivity index (χ0v) is 18.0. The van der Waals surface area contributed by atoms with Gasteiger partial charge in [0.2, 0.25) is 0 Å². The van der Waals surface area contributed by atoms with E-state index in [9.17, 15) is 13.2 Å². The molecule has 9 nitrogen and oxygen atoms in total. The Balaban J connectivity index is 1.29. The molecule has 0 spiro atoms. The summed E-state index contributed by atoms with van der Waals surface area (Å²) in [5.74, 6) is 0.287. The van der Waals surface area contributed by atoms with Crippen LogP contribution in [0.5, 0.6) is 0 Å². The number of esters is 1. The summed E-state index contributed by atoms with van der Waals surface area (Å²) in [4.78, 5) is 23.4. The predicted molar refractivity (Wildman–Crippen MR) is 118 cm³/mol. The number of amidine groups is 1. The zero-order chi connectivity index (χ0) is 22.3. The van der Waals surface area contributed by atoms with Crippen molar-refractivity contribution in [3.8, 4) is 0 Å². The molecular weight excluding hydrogens is 430 g/mol. The van der Waals surface area contributed by atoms with E-state index in [4.69, 9.17) is 10.5 Å². The Kier molecular flexibility index (Phi) is 5.01. The molecular formula is C22H21N5O4S. The molecule has 10 heteroatoms. The second-order valence-electron chi connectivity index (χ2n) is 7.82.